The highest BCUT2D eigenvalue weighted by Gasteiger charge is 2.38. The number of anilines is 1. The molecule has 1 atom stereocenters. The van der Waals surface area contributed by atoms with Crippen LogP contribution >= 0.6 is 11.8 Å². The van der Waals surface area contributed by atoms with Crippen LogP contribution < -0.4 is 10.6 Å². The lowest BCUT2D eigenvalue weighted by atomic mass is 10.0. The number of rotatable bonds is 5. The maximum Gasteiger partial charge on any atom is 0.238 e. The number of amides is 1. The van der Waals surface area contributed by atoms with E-state index in [0.717, 1.165) is 10.6 Å². The number of hydrogen-bond donors (Lipinski definition) is 2. The SMILES string of the molecule is CSc1ccccc1NC(=O)CNC1(C)CCS(=O)(=O)C1. The van der Waals surface area contributed by atoms with Gasteiger partial charge in [0.15, 0.2) is 9.84 Å². The van der Waals surface area contributed by atoms with Gasteiger partial charge < -0.3 is 10.6 Å². The van der Waals surface area contributed by atoms with Gasteiger partial charge in [-0.2, -0.15) is 0 Å². The van der Waals surface area contributed by atoms with E-state index in [2.05, 4.69) is 10.6 Å². The van der Waals surface area contributed by atoms with Crippen LogP contribution in [0, 0.1) is 0 Å². The Morgan fingerprint density at radius 3 is 2.71 bits per heavy atom. The second-order valence-corrected chi connectivity index (χ2v) is 8.54. The predicted octanol–water partition coefficient (Wildman–Crippen LogP) is 1.51. The van der Waals surface area contributed by atoms with Gasteiger partial charge in [-0.05, 0) is 31.7 Å². The Kier molecular flexibility index (Phi) is 4.95. The maximum absolute atomic E-state index is 12.0. The summed E-state index contributed by atoms with van der Waals surface area (Å²) in [5.74, 6) is 0.115. The Hall–Kier alpha value is -1.05. The summed E-state index contributed by atoms with van der Waals surface area (Å²) in [6.45, 7) is 1.95. The van der Waals surface area contributed by atoms with E-state index in [1.54, 1.807) is 11.8 Å². The molecule has 1 amide bonds. The molecule has 116 valence electrons. The highest BCUT2D eigenvalue weighted by atomic mass is 32.2. The van der Waals surface area contributed by atoms with Crippen LogP contribution in [0.25, 0.3) is 0 Å². The molecule has 0 radical (unpaired) electrons. The van der Waals surface area contributed by atoms with E-state index in [1.807, 2.05) is 37.4 Å². The second kappa shape index (κ2) is 6.37. The molecule has 0 aliphatic carbocycles. The third-order valence-electron chi connectivity index (χ3n) is 3.56. The van der Waals surface area contributed by atoms with Crippen molar-refractivity contribution in [3.05, 3.63) is 24.3 Å². The van der Waals surface area contributed by atoms with Crippen LogP contribution in [0.4, 0.5) is 5.69 Å². The number of thioether (sulfide) groups is 1. The van der Waals surface area contributed by atoms with Gasteiger partial charge in [-0.3, -0.25) is 4.79 Å². The van der Waals surface area contributed by atoms with Crippen LogP contribution in [0.2, 0.25) is 0 Å². The molecule has 7 heteroatoms. The molecule has 5 nitrogen and oxygen atoms in total. The van der Waals surface area contributed by atoms with Crippen molar-refractivity contribution in [3.8, 4) is 0 Å². The van der Waals surface area contributed by atoms with E-state index in [9.17, 15) is 13.2 Å². The molecule has 1 aliphatic rings. The highest BCUT2D eigenvalue weighted by molar-refractivity contribution is 7.98. The first kappa shape index (κ1) is 16.3. The average molecular weight is 328 g/mol. The van der Waals surface area contributed by atoms with Crippen LogP contribution in [0.5, 0.6) is 0 Å². The molecule has 1 aliphatic heterocycles. The fourth-order valence-electron chi connectivity index (χ4n) is 2.39. The van der Waals surface area contributed by atoms with Gasteiger partial charge in [-0.25, -0.2) is 8.42 Å². The minimum Gasteiger partial charge on any atom is -0.324 e. The summed E-state index contributed by atoms with van der Waals surface area (Å²) in [5, 5.41) is 5.92. The Balaban J connectivity index is 1.91. The summed E-state index contributed by atoms with van der Waals surface area (Å²) < 4.78 is 23.0. The number of carbonyl (C=O) groups excluding carboxylic acids is 1. The van der Waals surface area contributed by atoms with Gasteiger partial charge in [0.1, 0.15) is 0 Å². The number of sulfone groups is 1. The van der Waals surface area contributed by atoms with Crippen LogP contribution in [0.1, 0.15) is 13.3 Å². The van der Waals surface area contributed by atoms with E-state index >= 15 is 0 Å². The normalized spacial score (nSPS) is 23.9. The van der Waals surface area contributed by atoms with Crippen LogP contribution in [0.3, 0.4) is 0 Å². The van der Waals surface area contributed by atoms with E-state index < -0.39 is 15.4 Å². The molecule has 1 fully saturated rings. The van der Waals surface area contributed by atoms with Gasteiger partial charge in [0.2, 0.25) is 5.91 Å². The van der Waals surface area contributed by atoms with Crippen molar-refractivity contribution in [3.63, 3.8) is 0 Å². The van der Waals surface area contributed by atoms with Crippen LogP contribution in [-0.4, -0.2) is 44.2 Å². The minimum absolute atomic E-state index is 0.0919. The van der Waals surface area contributed by atoms with Gasteiger partial charge in [0.05, 0.1) is 23.7 Å². The summed E-state index contributed by atoms with van der Waals surface area (Å²) in [4.78, 5) is 13.0. The average Bonchev–Trinajstić information content (AvgIpc) is 2.72. The standard InChI is InChI=1S/C14H20N2O3S2/c1-14(7-8-21(18,19)10-14)15-9-13(17)16-11-5-3-4-6-12(11)20-2/h3-6,15H,7-10H2,1-2H3,(H,16,17). The zero-order valence-corrected chi connectivity index (χ0v) is 13.8. The van der Waals surface area contributed by atoms with Crippen molar-refractivity contribution in [1.82, 2.24) is 5.32 Å². The first-order valence-electron chi connectivity index (χ1n) is 6.72. The van der Waals surface area contributed by atoms with E-state index in [4.69, 9.17) is 0 Å². The fraction of sp³-hybridized carbons (Fsp3) is 0.500. The molecule has 21 heavy (non-hydrogen) atoms. The number of para-hydroxylation sites is 1. The van der Waals surface area contributed by atoms with Crippen molar-refractivity contribution in [1.29, 1.82) is 0 Å². The number of nitrogens with one attached hydrogen (secondary N) is 2. The highest BCUT2D eigenvalue weighted by Crippen LogP contribution is 2.25. The Labute approximate surface area is 129 Å². The molecule has 1 unspecified atom stereocenters. The van der Waals surface area contributed by atoms with Gasteiger partial charge in [0, 0.05) is 10.4 Å². The molecule has 1 aromatic rings. The third-order valence-corrected chi connectivity index (χ3v) is 6.26. The molecular formula is C14H20N2O3S2. The molecular weight excluding hydrogens is 308 g/mol. The van der Waals surface area contributed by atoms with Crippen LogP contribution in [-0.2, 0) is 14.6 Å². The van der Waals surface area contributed by atoms with Crippen molar-refractivity contribution in [2.45, 2.75) is 23.8 Å². The zero-order chi connectivity index (χ0) is 15.5. The van der Waals surface area contributed by atoms with Gasteiger partial charge >= 0.3 is 0 Å². The fourth-order valence-corrected chi connectivity index (χ4v) is 5.06. The summed E-state index contributed by atoms with van der Waals surface area (Å²) in [6, 6.07) is 7.59. The largest absolute Gasteiger partial charge is 0.324 e. The lowest BCUT2D eigenvalue weighted by Gasteiger charge is -2.23. The predicted molar refractivity (Wildman–Crippen MR) is 86.5 cm³/mol. The molecule has 1 saturated heterocycles. The minimum atomic E-state index is -2.97. The molecule has 1 heterocycles. The quantitative estimate of drug-likeness (QED) is 0.802. The van der Waals surface area contributed by atoms with Crippen molar-refractivity contribution < 1.29 is 13.2 Å². The monoisotopic (exact) mass is 328 g/mol. The summed E-state index contributed by atoms with van der Waals surface area (Å²) in [6.07, 6.45) is 2.50. The summed E-state index contributed by atoms with van der Waals surface area (Å²) >= 11 is 1.57. The Morgan fingerprint density at radius 1 is 1.38 bits per heavy atom. The van der Waals surface area contributed by atoms with E-state index in [1.165, 1.54) is 0 Å². The maximum atomic E-state index is 12.0. The Morgan fingerprint density at radius 2 is 2.10 bits per heavy atom. The molecule has 0 bridgehead atoms. The Bertz CT molecular complexity index is 631. The lowest BCUT2D eigenvalue weighted by Crippen LogP contribution is -2.46. The molecule has 0 aromatic heterocycles. The number of hydrogen-bond acceptors (Lipinski definition) is 5. The molecule has 0 saturated carbocycles. The third kappa shape index (κ3) is 4.46. The van der Waals surface area contributed by atoms with Crippen molar-refractivity contribution in [2.24, 2.45) is 0 Å². The smallest absolute Gasteiger partial charge is 0.238 e. The zero-order valence-electron chi connectivity index (χ0n) is 12.2. The van der Waals surface area contributed by atoms with Crippen molar-refractivity contribution in [2.75, 3.05) is 29.6 Å². The molecule has 0 spiro atoms. The van der Waals surface area contributed by atoms with E-state index in [-0.39, 0.29) is 24.0 Å². The molecule has 2 N–H and O–H groups in total. The van der Waals surface area contributed by atoms with E-state index in [0.29, 0.717) is 6.42 Å². The van der Waals surface area contributed by atoms with Gasteiger partial charge in [0.25, 0.3) is 0 Å². The number of carbonyl (C=O) groups is 1. The first-order valence-corrected chi connectivity index (χ1v) is 9.76. The second-order valence-electron chi connectivity index (χ2n) is 5.50. The van der Waals surface area contributed by atoms with Gasteiger partial charge in [-0.15, -0.1) is 11.8 Å². The molecule has 2 rings (SSSR count). The summed E-state index contributed by atoms with van der Waals surface area (Å²) in [5.41, 5.74) is 0.274. The van der Waals surface area contributed by atoms with Gasteiger partial charge in [-0.1, -0.05) is 12.1 Å². The van der Waals surface area contributed by atoms with Crippen molar-refractivity contribution >= 4 is 33.2 Å². The topological polar surface area (TPSA) is 75.3 Å². The summed E-state index contributed by atoms with van der Waals surface area (Å²) in [7, 11) is -2.97. The van der Waals surface area contributed by atoms with Crippen LogP contribution in [0.15, 0.2) is 29.2 Å². The first-order chi connectivity index (χ1) is 9.84. The lowest BCUT2D eigenvalue weighted by molar-refractivity contribution is -0.115. The number of benzene rings is 1. The molecule has 1 aromatic carbocycles.